The molecule has 0 bridgehead atoms. The van der Waals surface area contributed by atoms with Crippen molar-refractivity contribution in [3.8, 4) is 0 Å². The molecule has 0 saturated carbocycles. The van der Waals surface area contributed by atoms with E-state index < -0.39 is 17.9 Å². The van der Waals surface area contributed by atoms with E-state index >= 15 is 0 Å². The number of hydrogen-bond acceptors (Lipinski definition) is 3. The zero-order valence-corrected chi connectivity index (χ0v) is 12.7. The van der Waals surface area contributed by atoms with Gasteiger partial charge in [-0.3, -0.25) is 14.4 Å². The maximum Gasteiger partial charge on any atom is 0.300 e. The Labute approximate surface area is 131 Å². The predicted octanol–water partition coefficient (Wildman–Crippen LogP) is -3.03. The molecule has 0 aliphatic rings. The van der Waals surface area contributed by atoms with E-state index in [9.17, 15) is 0 Å². The van der Waals surface area contributed by atoms with Crippen molar-refractivity contribution in [2.75, 3.05) is 0 Å². The Bertz CT molecular complexity index is 118. The molecule has 0 amide bonds. The van der Waals surface area contributed by atoms with Crippen LogP contribution in [0.25, 0.3) is 0 Å². The van der Waals surface area contributed by atoms with Crippen LogP contribution in [0.15, 0.2) is 0 Å². The van der Waals surface area contributed by atoms with Gasteiger partial charge >= 0.3 is 0 Å². The first-order valence-electron chi connectivity index (χ1n) is 2.78. The normalized spacial score (nSPS) is 4.41. The molecule has 0 spiro atoms. The van der Waals surface area contributed by atoms with Crippen LogP contribution < -0.4 is 0 Å². The maximum atomic E-state index is 9.00. The minimum atomic E-state index is -0.833. The molecule has 17 heavy (non-hydrogen) atoms. The predicted molar refractivity (Wildman–Crippen MR) is 54.4 cm³/mol. The standard InChI is InChI=1S/3C2H4O2.Ce.4H2O/c3*1-2(3)4;;;;;/h3*1H3,(H,3,4);;4*1H2. The van der Waals surface area contributed by atoms with Crippen molar-refractivity contribution in [1.82, 2.24) is 0 Å². The second-order valence-corrected chi connectivity index (χ2v) is 1.56. The fourth-order valence-electron chi connectivity index (χ4n) is 0. The van der Waals surface area contributed by atoms with E-state index in [0.717, 1.165) is 20.8 Å². The minimum Gasteiger partial charge on any atom is -0.481 e. The molecule has 0 aromatic rings. The van der Waals surface area contributed by atoms with Gasteiger partial charge in [-0.05, 0) is 0 Å². The van der Waals surface area contributed by atoms with Crippen LogP contribution >= 0.6 is 0 Å². The van der Waals surface area contributed by atoms with Gasteiger partial charge in [0.15, 0.2) is 0 Å². The first kappa shape index (κ1) is 54.6. The van der Waals surface area contributed by atoms with E-state index in [1.807, 2.05) is 0 Å². The molecule has 0 aliphatic heterocycles. The molecule has 0 radical (unpaired) electrons. The monoisotopic (exact) mass is 392 g/mol. The molecule has 0 rings (SSSR count). The smallest absolute Gasteiger partial charge is 0.300 e. The first-order chi connectivity index (χ1) is 5.20. The van der Waals surface area contributed by atoms with Crippen LogP contribution in [-0.4, -0.2) is 55.1 Å². The number of carboxylic acid groups (broad SMARTS) is 3. The molecule has 0 heterocycles. The zero-order valence-electron chi connectivity index (χ0n) is 9.57. The average Bonchev–Trinajstić information content (AvgIpc) is 1.54. The van der Waals surface area contributed by atoms with Crippen molar-refractivity contribution in [3.63, 3.8) is 0 Å². The van der Waals surface area contributed by atoms with Gasteiger partial charge in [-0.25, -0.2) is 0 Å². The second-order valence-electron chi connectivity index (χ2n) is 1.56. The van der Waals surface area contributed by atoms with E-state index in [2.05, 4.69) is 0 Å². The second kappa shape index (κ2) is 44.9. The zero-order chi connectivity index (χ0) is 10.7. The number of carboxylic acids is 3. The summed E-state index contributed by atoms with van der Waals surface area (Å²) in [5.74, 6) is -2.50. The van der Waals surface area contributed by atoms with Gasteiger partial charge in [0.25, 0.3) is 17.9 Å². The Kier molecular flexibility index (Phi) is 144. The molecular weight excluding hydrogens is 372 g/mol. The van der Waals surface area contributed by atoms with E-state index in [-0.39, 0.29) is 63.7 Å². The topological polar surface area (TPSA) is 238 Å². The van der Waals surface area contributed by atoms with Crippen molar-refractivity contribution >= 4 is 17.9 Å². The number of rotatable bonds is 0. The van der Waals surface area contributed by atoms with E-state index in [0.29, 0.717) is 0 Å². The van der Waals surface area contributed by atoms with Crippen molar-refractivity contribution < 1.29 is 93.4 Å². The van der Waals surface area contributed by atoms with Gasteiger partial charge in [-0.1, -0.05) is 0 Å². The van der Waals surface area contributed by atoms with Gasteiger partial charge in [-0.2, -0.15) is 0 Å². The van der Waals surface area contributed by atoms with Gasteiger partial charge in [0.1, 0.15) is 0 Å². The largest absolute Gasteiger partial charge is 0.481 e. The number of hydrogen-bond donors (Lipinski definition) is 3. The SMILES string of the molecule is CC(=O)O.CC(=O)O.CC(=O)O.O.O.O.O.[Ce]. The molecule has 108 valence electrons. The number of carbonyl (C=O) groups is 3. The third kappa shape index (κ3) is 20800. The van der Waals surface area contributed by atoms with Gasteiger partial charge < -0.3 is 37.2 Å². The Morgan fingerprint density at radius 2 is 0.588 bits per heavy atom. The van der Waals surface area contributed by atoms with Crippen LogP contribution in [0, 0.1) is 41.7 Å². The van der Waals surface area contributed by atoms with Crippen LogP contribution in [-0.2, 0) is 14.4 Å². The molecule has 0 aromatic heterocycles. The summed E-state index contributed by atoms with van der Waals surface area (Å²) < 4.78 is 0. The van der Waals surface area contributed by atoms with Crippen molar-refractivity contribution in [1.29, 1.82) is 0 Å². The summed E-state index contributed by atoms with van der Waals surface area (Å²) in [5, 5.41) is 22.2. The molecule has 0 aromatic carbocycles. The molecule has 0 aliphatic carbocycles. The van der Waals surface area contributed by atoms with Crippen molar-refractivity contribution in [2.45, 2.75) is 20.8 Å². The summed E-state index contributed by atoms with van der Waals surface area (Å²) in [6.45, 7) is 3.25. The summed E-state index contributed by atoms with van der Waals surface area (Å²) in [4.78, 5) is 27.0. The summed E-state index contributed by atoms with van der Waals surface area (Å²) >= 11 is 0. The average molecular weight is 392 g/mol. The third-order valence-corrected chi connectivity index (χ3v) is 0. The van der Waals surface area contributed by atoms with Gasteiger partial charge in [0.05, 0.1) is 0 Å². The first-order valence-corrected chi connectivity index (χ1v) is 2.78. The van der Waals surface area contributed by atoms with Gasteiger partial charge in [0, 0.05) is 62.5 Å². The van der Waals surface area contributed by atoms with Crippen molar-refractivity contribution in [3.05, 3.63) is 0 Å². The quantitative estimate of drug-likeness (QED) is 0.387. The Morgan fingerprint density at radius 3 is 0.588 bits per heavy atom. The fourth-order valence-corrected chi connectivity index (χ4v) is 0. The van der Waals surface area contributed by atoms with Crippen LogP contribution in [0.2, 0.25) is 0 Å². The molecule has 0 saturated heterocycles. The molecule has 0 atom stereocenters. The minimum absolute atomic E-state index is 0. The number of aliphatic carboxylic acids is 3. The summed E-state index contributed by atoms with van der Waals surface area (Å²) in [7, 11) is 0. The third-order valence-electron chi connectivity index (χ3n) is 0. The molecule has 0 unspecified atom stereocenters. The fraction of sp³-hybridized carbons (Fsp3) is 0.500. The van der Waals surface area contributed by atoms with Gasteiger partial charge in [-0.15, -0.1) is 0 Å². The summed E-state index contributed by atoms with van der Waals surface area (Å²) in [6.07, 6.45) is 0. The molecule has 11 heteroatoms. The van der Waals surface area contributed by atoms with Crippen LogP contribution in [0.3, 0.4) is 0 Å². The van der Waals surface area contributed by atoms with Crippen molar-refractivity contribution in [2.24, 2.45) is 0 Å². The summed E-state index contributed by atoms with van der Waals surface area (Å²) in [5.41, 5.74) is 0. The van der Waals surface area contributed by atoms with Gasteiger partial charge in [0.2, 0.25) is 0 Å². The molecule has 0 fully saturated rings. The Balaban J connectivity index is -0.0000000104. The maximum absolute atomic E-state index is 9.00. The van der Waals surface area contributed by atoms with E-state index in [4.69, 9.17) is 29.7 Å². The molecular formula is C6H20CeO10. The molecule has 11 N–H and O–H groups in total. The van der Waals surface area contributed by atoms with Crippen LogP contribution in [0.5, 0.6) is 0 Å². The summed E-state index contributed by atoms with van der Waals surface area (Å²) in [6, 6.07) is 0. The van der Waals surface area contributed by atoms with E-state index in [1.54, 1.807) is 0 Å². The Hall–Kier alpha value is -0.373. The van der Waals surface area contributed by atoms with Crippen LogP contribution in [0.4, 0.5) is 0 Å². The Morgan fingerprint density at radius 1 is 0.588 bits per heavy atom. The molecule has 10 nitrogen and oxygen atoms in total. The van der Waals surface area contributed by atoms with E-state index in [1.165, 1.54) is 0 Å². The van der Waals surface area contributed by atoms with Crippen LogP contribution in [0.1, 0.15) is 20.8 Å².